The van der Waals surface area contributed by atoms with Crippen LogP contribution in [-0.2, 0) is 4.79 Å². The zero-order chi connectivity index (χ0) is 19.6. The molecule has 0 saturated carbocycles. The highest BCUT2D eigenvalue weighted by atomic mass is 35.5. The minimum atomic E-state index is -0.573. The number of imide groups is 1. The van der Waals surface area contributed by atoms with Crippen LogP contribution in [0.25, 0.3) is 0 Å². The lowest BCUT2D eigenvalue weighted by molar-refractivity contribution is -0.126. The third kappa shape index (κ3) is 5.06. The molecule has 1 fully saturated rings. The van der Waals surface area contributed by atoms with Crippen molar-refractivity contribution in [3.8, 4) is 11.5 Å². The number of hydrogen-bond acceptors (Lipinski definition) is 6. The molecule has 8 nitrogen and oxygen atoms in total. The van der Waals surface area contributed by atoms with E-state index in [-0.39, 0.29) is 29.8 Å². The number of urea groups is 1. The van der Waals surface area contributed by atoms with Crippen LogP contribution in [0.3, 0.4) is 0 Å². The average Bonchev–Trinajstić information content (AvgIpc) is 2.63. The predicted octanol–water partition coefficient (Wildman–Crippen LogP) is 1.98. The third-order valence-electron chi connectivity index (χ3n) is 5.31. The third-order valence-corrected chi connectivity index (χ3v) is 5.31. The van der Waals surface area contributed by atoms with E-state index in [9.17, 15) is 9.59 Å². The number of nitrogens with two attached hydrogens (primary N) is 1. The van der Waals surface area contributed by atoms with Gasteiger partial charge in [-0.25, -0.2) is 4.79 Å². The summed E-state index contributed by atoms with van der Waals surface area (Å²) in [5, 5.41) is 5.07. The lowest BCUT2D eigenvalue weighted by atomic mass is 9.79. The van der Waals surface area contributed by atoms with E-state index in [1.165, 1.54) is 0 Å². The van der Waals surface area contributed by atoms with Gasteiger partial charge >= 0.3 is 6.03 Å². The summed E-state index contributed by atoms with van der Waals surface area (Å²) < 4.78 is 10.9. The second-order valence-electron chi connectivity index (χ2n) is 7.83. The van der Waals surface area contributed by atoms with E-state index in [1.54, 1.807) is 25.1 Å². The molecule has 2 heterocycles. The number of nitrogens with one attached hydrogen (secondary N) is 2. The number of halogens is 1. The van der Waals surface area contributed by atoms with Gasteiger partial charge in [0, 0.05) is 30.9 Å². The van der Waals surface area contributed by atoms with Crippen molar-refractivity contribution in [2.75, 3.05) is 31.6 Å². The van der Waals surface area contributed by atoms with Crippen LogP contribution < -0.4 is 25.8 Å². The summed E-state index contributed by atoms with van der Waals surface area (Å²) in [4.78, 5) is 26.7. The Labute approximate surface area is 171 Å². The molecule has 2 aliphatic rings. The van der Waals surface area contributed by atoms with Crippen molar-refractivity contribution in [3.63, 3.8) is 0 Å². The van der Waals surface area contributed by atoms with Gasteiger partial charge in [0.15, 0.2) is 11.5 Å². The minimum absolute atomic E-state index is 0. The SMILES string of the molecule is CC(C(=O)NC(=O)Nc1ccc2c(c1)OCCO2)N1CCC(N)C(C)(C)C1.Cl. The Kier molecular flexibility index (Phi) is 7.14. The number of fused-ring (bicyclic) bond motifs is 1. The second-order valence-corrected chi connectivity index (χ2v) is 7.83. The van der Waals surface area contributed by atoms with E-state index in [4.69, 9.17) is 15.2 Å². The fourth-order valence-electron chi connectivity index (χ4n) is 3.41. The van der Waals surface area contributed by atoms with Gasteiger partial charge in [-0.15, -0.1) is 12.4 Å². The van der Waals surface area contributed by atoms with Crippen molar-refractivity contribution in [1.29, 1.82) is 0 Å². The lowest BCUT2D eigenvalue weighted by Crippen LogP contribution is -2.58. The van der Waals surface area contributed by atoms with Crippen LogP contribution >= 0.6 is 12.4 Å². The number of carbonyl (C=O) groups is 2. The molecule has 4 N–H and O–H groups in total. The molecule has 2 aliphatic heterocycles. The Bertz CT molecular complexity index is 728. The molecular weight excluding hydrogens is 384 g/mol. The van der Waals surface area contributed by atoms with Gasteiger partial charge in [0.25, 0.3) is 0 Å². The monoisotopic (exact) mass is 412 g/mol. The van der Waals surface area contributed by atoms with E-state index in [0.717, 1.165) is 13.0 Å². The van der Waals surface area contributed by atoms with Crippen LogP contribution in [0.1, 0.15) is 27.2 Å². The number of rotatable bonds is 3. The van der Waals surface area contributed by atoms with E-state index in [2.05, 4.69) is 29.4 Å². The van der Waals surface area contributed by atoms with Crippen LogP contribution in [0, 0.1) is 5.41 Å². The topological polar surface area (TPSA) is 106 Å². The number of nitrogens with zero attached hydrogens (tertiary/aromatic N) is 1. The lowest BCUT2D eigenvalue weighted by Gasteiger charge is -2.44. The first-order chi connectivity index (χ1) is 12.8. The van der Waals surface area contributed by atoms with Crippen LogP contribution in [-0.4, -0.2) is 55.2 Å². The van der Waals surface area contributed by atoms with Crippen molar-refractivity contribution < 1.29 is 19.1 Å². The summed E-state index contributed by atoms with van der Waals surface area (Å²) in [6.07, 6.45) is 0.827. The summed E-state index contributed by atoms with van der Waals surface area (Å²) in [7, 11) is 0. The Balaban J connectivity index is 0.00000280. The number of anilines is 1. The first kappa shape index (κ1) is 22.3. The molecule has 3 amide bonds. The molecular formula is C19H29ClN4O4. The number of benzene rings is 1. The van der Waals surface area contributed by atoms with Crippen LogP contribution in [0.4, 0.5) is 10.5 Å². The molecule has 1 saturated heterocycles. The fourth-order valence-corrected chi connectivity index (χ4v) is 3.41. The number of hydrogen-bond donors (Lipinski definition) is 3. The predicted molar refractivity (Wildman–Crippen MR) is 109 cm³/mol. The minimum Gasteiger partial charge on any atom is -0.486 e. The van der Waals surface area contributed by atoms with Gasteiger partial charge in [0.05, 0.1) is 6.04 Å². The Morgan fingerprint density at radius 2 is 1.93 bits per heavy atom. The van der Waals surface area contributed by atoms with Gasteiger partial charge in [-0.2, -0.15) is 0 Å². The largest absolute Gasteiger partial charge is 0.486 e. The van der Waals surface area contributed by atoms with Gasteiger partial charge < -0.3 is 20.5 Å². The molecule has 0 aromatic heterocycles. The molecule has 2 unspecified atom stereocenters. The first-order valence-corrected chi connectivity index (χ1v) is 9.27. The molecule has 156 valence electrons. The van der Waals surface area contributed by atoms with Crippen molar-refractivity contribution >= 4 is 30.0 Å². The molecule has 0 radical (unpaired) electrons. The number of ether oxygens (including phenoxy) is 2. The molecule has 1 aromatic carbocycles. The number of carbonyl (C=O) groups excluding carboxylic acids is 2. The fraction of sp³-hybridized carbons (Fsp3) is 0.579. The number of likely N-dealkylation sites (tertiary alicyclic amines) is 1. The highest BCUT2D eigenvalue weighted by molar-refractivity contribution is 6.02. The molecule has 2 atom stereocenters. The van der Waals surface area contributed by atoms with Crippen molar-refractivity contribution in [1.82, 2.24) is 10.2 Å². The highest BCUT2D eigenvalue weighted by Crippen LogP contribution is 2.32. The van der Waals surface area contributed by atoms with Crippen LogP contribution in [0.2, 0.25) is 0 Å². The van der Waals surface area contributed by atoms with Crippen LogP contribution in [0.5, 0.6) is 11.5 Å². The second kappa shape index (κ2) is 8.98. The maximum absolute atomic E-state index is 12.5. The summed E-state index contributed by atoms with van der Waals surface area (Å²) in [5.74, 6) is 0.879. The van der Waals surface area contributed by atoms with Crippen molar-refractivity contribution in [3.05, 3.63) is 18.2 Å². The van der Waals surface area contributed by atoms with Crippen LogP contribution in [0.15, 0.2) is 18.2 Å². The maximum atomic E-state index is 12.5. The Morgan fingerprint density at radius 3 is 2.61 bits per heavy atom. The van der Waals surface area contributed by atoms with Gasteiger partial charge in [0.2, 0.25) is 5.91 Å². The van der Waals surface area contributed by atoms with Crippen molar-refractivity contribution in [2.45, 2.75) is 39.3 Å². The van der Waals surface area contributed by atoms with Gasteiger partial charge in [0.1, 0.15) is 13.2 Å². The highest BCUT2D eigenvalue weighted by Gasteiger charge is 2.36. The molecule has 3 rings (SSSR count). The molecule has 9 heteroatoms. The molecule has 0 bridgehead atoms. The van der Waals surface area contributed by atoms with E-state index < -0.39 is 12.1 Å². The Hall–Kier alpha value is -2.03. The zero-order valence-electron chi connectivity index (χ0n) is 16.5. The van der Waals surface area contributed by atoms with Gasteiger partial charge in [-0.3, -0.25) is 15.0 Å². The summed E-state index contributed by atoms with van der Waals surface area (Å²) >= 11 is 0. The normalized spacial score (nSPS) is 21.8. The molecule has 0 spiro atoms. The van der Waals surface area contributed by atoms with E-state index in [1.807, 2.05) is 0 Å². The average molecular weight is 413 g/mol. The van der Waals surface area contributed by atoms with E-state index in [0.29, 0.717) is 36.9 Å². The van der Waals surface area contributed by atoms with Crippen molar-refractivity contribution in [2.24, 2.45) is 11.1 Å². The quantitative estimate of drug-likeness (QED) is 0.700. The molecule has 0 aliphatic carbocycles. The maximum Gasteiger partial charge on any atom is 0.325 e. The Morgan fingerprint density at radius 1 is 1.25 bits per heavy atom. The standard InChI is InChI=1S/C19H28N4O4.ClH/c1-12(23-7-6-16(20)19(2,3)11-23)17(24)22-18(25)21-13-4-5-14-15(10-13)27-9-8-26-14;/h4-5,10,12,16H,6-9,11,20H2,1-3H3,(H2,21,22,24,25);1H. The number of piperidine rings is 1. The number of amides is 3. The van der Waals surface area contributed by atoms with Gasteiger partial charge in [-0.05, 0) is 30.9 Å². The van der Waals surface area contributed by atoms with Gasteiger partial charge in [-0.1, -0.05) is 13.8 Å². The van der Waals surface area contributed by atoms with E-state index >= 15 is 0 Å². The summed E-state index contributed by atoms with van der Waals surface area (Å²) in [5.41, 5.74) is 6.62. The first-order valence-electron chi connectivity index (χ1n) is 9.27. The summed E-state index contributed by atoms with van der Waals surface area (Å²) in [6.45, 7) is 8.43. The smallest absolute Gasteiger partial charge is 0.325 e. The molecule has 1 aromatic rings. The molecule has 28 heavy (non-hydrogen) atoms. The summed E-state index contributed by atoms with van der Waals surface area (Å²) in [6, 6.07) is 4.24. The zero-order valence-corrected chi connectivity index (χ0v) is 17.3.